The van der Waals surface area contributed by atoms with Crippen LogP contribution < -0.4 is 10.1 Å². The maximum Gasteiger partial charge on any atom is 0.138 e. The highest BCUT2D eigenvalue weighted by Crippen LogP contribution is 2.41. The Morgan fingerprint density at radius 2 is 2.00 bits per heavy atom. The molecule has 0 amide bonds. The van der Waals surface area contributed by atoms with Crippen molar-refractivity contribution in [3.05, 3.63) is 26.6 Å². The van der Waals surface area contributed by atoms with E-state index in [1.165, 1.54) is 18.4 Å². The Hall–Kier alpha value is -0.0600. The van der Waals surface area contributed by atoms with Crippen molar-refractivity contribution in [3.63, 3.8) is 0 Å². The summed E-state index contributed by atoms with van der Waals surface area (Å²) in [6, 6.07) is 5.39. The summed E-state index contributed by atoms with van der Waals surface area (Å²) in [7, 11) is 0. The second-order valence-electron chi connectivity index (χ2n) is 4.44. The van der Waals surface area contributed by atoms with E-state index in [2.05, 4.69) is 43.2 Å². The lowest BCUT2D eigenvalue weighted by Crippen LogP contribution is -2.28. The lowest BCUT2D eigenvalue weighted by Gasteiger charge is -2.28. The standard InChI is InChI=1S/C12H13Br2NO/c13-7-5-9-11(15-8-1-2-8)3-4-16-12(9)10(14)6-7/h5-6,8,11,15H,1-4H2. The van der Waals surface area contributed by atoms with Crippen LogP contribution in [0.15, 0.2) is 21.1 Å². The number of ether oxygens (including phenoxy) is 1. The third kappa shape index (κ3) is 2.15. The van der Waals surface area contributed by atoms with Gasteiger partial charge in [-0.2, -0.15) is 0 Å². The molecule has 0 bridgehead atoms. The molecule has 4 heteroatoms. The molecule has 1 saturated carbocycles. The first-order valence-electron chi connectivity index (χ1n) is 5.62. The highest BCUT2D eigenvalue weighted by atomic mass is 79.9. The van der Waals surface area contributed by atoms with Gasteiger partial charge >= 0.3 is 0 Å². The number of fused-ring (bicyclic) bond motifs is 1. The van der Waals surface area contributed by atoms with Crippen molar-refractivity contribution >= 4 is 31.9 Å². The molecule has 1 N–H and O–H groups in total. The maximum atomic E-state index is 5.73. The summed E-state index contributed by atoms with van der Waals surface area (Å²) in [5, 5.41) is 3.68. The van der Waals surface area contributed by atoms with Crippen LogP contribution in [0.4, 0.5) is 0 Å². The van der Waals surface area contributed by atoms with Gasteiger partial charge in [-0.3, -0.25) is 0 Å². The predicted molar refractivity (Wildman–Crippen MR) is 70.9 cm³/mol. The summed E-state index contributed by atoms with van der Waals surface area (Å²) < 4.78 is 7.88. The molecule has 1 unspecified atom stereocenters. The molecule has 1 atom stereocenters. The monoisotopic (exact) mass is 345 g/mol. The average Bonchev–Trinajstić information content (AvgIpc) is 3.03. The molecule has 0 aromatic heterocycles. The first-order valence-corrected chi connectivity index (χ1v) is 7.20. The van der Waals surface area contributed by atoms with Gasteiger partial charge in [-0.05, 0) is 40.9 Å². The van der Waals surface area contributed by atoms with E-state index in [-0.39, 0.29) is 0 Å². The molecule has 0 spiro atoms. The zero-order valence-corrected chi connectivity index (χ0v) is 12.0. The average molecular weight is 347 g/mol. The summed E-state index contributed by atoms with van der Waals surface area (Å²) in [6.45, 7) is 0.803. The van der Waals surface area contributed by atoms with Gasteiger partial charge in [-0.25, -0.2) is 0 Å². The van der Waals surface area contributed by atoms with Crippen molar-refractivity contribution in [2.75, 3.05) is 6.61 Å². The summed E-state index contributed by atoms with van der Waals surface area (Å²) in [6.07, 6.45) is 3.70. The molecule has 1 aromatic rings. The Kier molecular flexibility index (Phi) is 2.98. The minimum absolute atomic E-state index is 0.449. The van der Waals surface area contributed by atoms with Gasteiger partial charge < -0.3 is 10.1 Å². The Bertz CT molecular complexity index is 418. The molecular weight excluding hydrogens is 334 g/mol. The zero-order valence-electron chi connectivity index (χ0n) is 8.80. The highest BCUT2D eigenvalue weighted by molar-refractivity contribution is 9.11. The van der Waals surface area contributed by atoms with Gasteiger partial charge in [0.1, 0.15) is 5.75 Å². The van der Waals surface area contributed by atoms with E-state index in [1.807, 2.05) is 6.07 Å². The molecule has 0 radical (unpaired) electrons. The van der Waals surface area contributed by atoms with Crippen LogP contribution in [-0.4, -0.2) is 12.6 Å². The Balaban J connectivity index is 1.95. The van der Waals surface area contributed by atoms with E-state index in [0.717, 1.165) is 33.8 Å². The van der Waals surface area contributed by atoms with Crippen LogP contribution in [-0.2, 0) is 0 Å². The SMILES string of the molecule is Brc1cc(Br)c2c(c1)C(NC1CC1)CCO2. The van der Waals surface area contributed by atoms with Crippen LogP contribution in [0, 0.1) is 0 Å². The fourth-order valence-corrected chi connectivity index (χ4v) is 3.51. The lowest BCUT2D eigenvalue weighted by atomic mass is 10.0. The third-order valence-electron chi connectivity index (χ3n) is 3.08. The van der Waals surface area contributed by atoms with Crippen molar-refractivity contribution < 1.29 is 4.74 Å². The quantitative estimate of drug-likeness (QED) is 0.879. The summed E-state index contributed by atoms with van der Waals surface area (Å²) in [5.41, 5.74) is 1.28. The van der Waals surface area contributed by atoms with Gasteiger partial charge in [-0.15, -0.1) is 0 Å². The topological polar surface area (TPSA) is 21.3 Å². The summed E-state index contributed by atoms with van der Waals surface area (Å²) >= 11 is 7.10. The van der Waals surface area contributed by atoms with Gasteiger partial charge in [0.25, 0.3) is 0 Å². The molecule has 2 nitrogen and oxygen atoms in total. The molecule has 16 heavy (non-hydrogen) atoms. The van der Waals surface area contributed by atoms with Crippen LogP contribution in [0.1, 0.15) is 30.9 Å². The van der Waals surface area contributed by atoms with Gasteiger partial charge in [0.05, 0.1) is 11.1 Å². The second-order valence-corrected chi connectivity index (χ2v) is 6.21. The molecule has 0 saturated heterocycles. The zero-order chi connectivity index (χ0) is 11.1. The predicted octanol–water partition coefficient (Wildman–Crippen LogP) is 3.79. The second kappa shape index (κ2) is 4.31. The van der Waals surface area contributed by atoms with Crippen molar-refractivity contribution in [3.8, 4) is 5.75 Å². The minimum atomic E-state index is 0.449. The number of hydrogen-bond donors (Lipinski definition) is 1. The normalized spacial score (nSPS) is 23.8. The molecule has 86 valence electrons. The van der Waals surface area contributed by atoms with Crippen LogP contribution in [0.3, 0.4) is 0 Å². The number of nitrogens with one attached hydrogen (secondary N) is 1. The van der Waals surface area contributed by atoms with E-state index >= 15 is 0 Å². The lowest BCUT2D eigenvalue weighted by molar-refractivity contribution is 0.250. The van der Waals surface area contributed by atoms with Gasteiger partial charge in [-0.1, -0.05) is 15.9 Å². The fourth-order valence-electron chi connectivity index (χ4n) is 2.13. The van der Waals surface area contributed by atoms with Crippen LogP contribution in [0.2, 0.25) is 0 Å². The molecule has 2 aliphatic rings. The van der Waals surface area contributed by atoms with E-state index in [9.17, 15) is 0 Å². The molecule has 1 aliphatic carbocycles. The van der Waals surface area contributed by atoms with Crippen molar-refractivity contribution in [2.45, 2.75) is 31.3 Å². The molecule has 1 heterocycles. The van der Waals surface area contributed by atoms with Gasteiger partial charge in [0.2, 0.25) is 0 Å². The van der Waals surface area contributed by atoms with Crippen LogP contribution in [0.25, 0.3) is 0 Å². The summed E-state index contributed by atoms with van der Waals surface area (Å²) in [5.74, 6) is 1.01. The minimum Gasteiger partial charge on any atom is -0.492 e. The smallest absolute Gasteiger partial charge is 0.138 e. The first-order chi connectivity index (χ1) is 7.74. The Morgan fingerprint density at radius 1 is 1.19 bits per heavy atom. The third-order valence-corrected chi connectivity index (χ3v) is 4.13. The number of hydrogen-bond acceptors (Lipinski definition) is 2. The van der Waals surface area contributed by atoms with Crippen molar-refractivity contribution in [2.24, 2.45) is 0 Å². The number of halogens is 2. The maximum absolute atomic E-state index is 5.73. The van der Waals surface area contributed by atoms with E-state index < -0.39 is 0 Å². The van der Waals surface area contributed by atoms with E-state index in [4.69, 9.17) is 4.74 Å². The van der Waals surface area contributed by atoms with Gasteiger partial charge in [0.15, 0.2) is 0 Å². The largest absolute Gasteiger partial charge is 0.492 e. The Labute approximate surface area is 112 Å². The molecule has 1 aromatic carbocycles. The Morgan fingerprint density at radius 3 is 2.75 bits per heavy atom. The molecule has 3 rings (SSSR count). The summed E-state index contributed by atoms with van der Waals surface area (Å²) in [4.78, 5) is 0. The number of benzene rings is 1. The van der Waals surface area contributed by atoms with Crippen molar-refractivity contribution in [1.29, 1.82) is 0 Å². The molecule has 1 fully saturated rings. The van der Waals surface area contributed by atoms with Gasteiger partial charge in [0, 0.05) is 28.5 Å². The number of rotatable bonds is 2. The van der Waals surface area contributed by atoms with Crippen LogP contribution in [0.5, 0.6) is 5.75 Å². The fraction of sp³-hybridized carbons (Fsp3) is 0.500. The van der Waals surface area contributed by atoms with E-state index in [0.29, 0.717) is 6.04 Å². The van der Waals surface area contributed by atoms with Crippen molar-refractivity contribution in [1.82, 2.24) is 5.32 Å². The molecule has 1 aliphatic heterocycles. The first kappa shape index (κ1) is 11.1. The van der Waals surface area contributed by atoms with E-state index in [1.54, 1.807) is 0 Å². The molecular formula is C12H13Br2NO. The highest BCUT2D eigenvalue weighted by Gasteiger charge is 2.29. The van der Waals surface area contributed by atoms with Crippen LogP contribution >= 0.6 is 31.9 Å².